The first-order valence-electron chi connectivity index (χ1n) is 1.00. The lowest BCUT2D eigenvalue weighted by Gasteiger charge is -1.04. The van der Waals surface area contributed by atoms with Crippen molar-refractivity contribution in [2.24, 2.45) is 0 Å². The molecular formula is CH9Cl3Si. The van der Waals surface area contributed by atoms with Gasteiger partial charge >= 0.3 is 0 Å². The highest BCUT2D eigenvalue weighted by Gasteiger charge is 0.962. The summed E-state index contributed by atoms with van der Waals surface area (Å²) < 4.78 is 0. The van der Waals surface area contributed by atoms with E-state index in [0.717, 1.165) is 0 Å². The molecule has 0 rings (SSSR count). The summed E-state index contributed by atoms with van der Waals surface area (Å²) in [4.78, 5) is 0. The molecule has 0 bridgehead atoms. The van der Waals surface area contributed by atoms with E-state index in [1.54, 1.807) is 0 Å². The van der Waals surface area contributed by atoms with E-state index in [-0.39, 0.29) is 37.2 Å². The maximum atomic E-state index is 2.14. The second kappa shape index (κ2) is 71.9. The van der Waals surface area contributed by atoms with E-state index in [2.05, 4.69) is 6.55 Å². The van der Waals surface area contributed by atoms with Crippen LogP contribution < -0.4 is 0 Å². The predicted molar refractivity (Wildman–Crippen MR) is 37.5 cm³/mol. The lowest BCUT2D eigenvalue weighted by molar-refractivity contribution is 2.40. The molecule has 0 aliphatic heterocycles. The average molecular weight is 156 g/mol. The Balaban J connectivity index is -0.00000000167. The Kier molecular flexibility index (Phi) is 520. The molecule has 0 radical (unpaired) electrons. The molecule has 0 N–H and O–H groups in total. The standard InChI is InChI=1S/CH6Si.3ClH/c1-2;;;/h1-2H3;3*1H. The van der Waals surface area contributed by atoms with Crippen LogP contribution in [0.2, 0.25) is 6.55 Å². The summed E-state index contributed by atoms with van der Waals surface area (Å²) in [5, 5.41) is 0. The Bertz CT molecular complexity index is 6.85. The summed E-state index contributed by atoms with van der Waals surface area (Å²) in [6.45, 7) is 2.14. The fraction of sp³-hybridized carbons (Fsp3) is 1.00. The van der Waals surface area contributed by atoms with E-state index in [9.17, 15) is 0 Å². The summed E-state index contributed by atoms with van der Waals surface area (Å²) in [6.07, 6.45) is 0. The molecule has 0 atom stereocenters. The number of hydrogen-bond donors (Lipinski definition) is 0. The van der Waals surface area contributed by atoms with Crippen molar-refractivity contribution in [1.82, 2.24) is 0 Å². The maximum absolute atomic E-state index is 2.14. The van der Waals surface area contributed by atoms with Gasteiger partial charge in [0.05, 0.1) is 0 Å². The molecule has 0 heterocycles. The van der Waals surface area contributed by atoms with Gasteiger partial charge in [0.1, 0.15) is 0 Å². The topological polar surface area (TPSA) is 0 Å². The highest BCUT2D eigenvalue weighted by molar-refractivity contribution is 6.05. The van der Waals surface area contributed by atoms with E-state index in [1.165, 1.54) is 10.2 Å². The highest BCUT2D eigenvalue weighted by atomic mass is 35.5. The Hall–Kier alpha value is 1.09. The van der Waals surface area contributed by atoms with Crippen LogP contribution in [0.25, 0.3) is 0 Å². The largest absolute Gasteiger partial charge is 0.147 e. The van der Waals surface area contributed by atoms with Crippen LogP contribution in [0.3, 0.4) is 0 Å². The minimum absolute atomic E-state index is 0. The van der Waals surface area contributed by atoms with Crippen molar-refractivity contribution in [1.29, 1.82) is 0 Å². The van der Waals surface area contributed by atoms with Crippen LogP contribution in [0.1, 0.15) is 0 Å². The molecule has 0 nitrogen and oxygen atoms in total. The Morgan fingerprint density at radius 1 is 0.800 bits per heavy atom. The van der Waals surface area contributed by atoms with Crippen LogP contribution in [0.5, 0.6) is 0 Å². The minimum Gasteiger partial charge on any atom is -0.147 e. The third-order valence-electron chi connectivity index (χ3n) is 0. The van der Waals surface area contributed by atoms with Crippen LogP contribution in [0.4, 0.5) is 0 Å². The first-order valence-corrected chi connectivity index (χ1v) is 3.00. The molecule has 0 fully saturated rings. The SMILES string of the molecule is C[SiH3].Cl.Cl.Cl. The molecule has 5 heavy (non-hydrogen) atoms. The summed E-state index contributed by atoms with van der Waals surface area (Å²) in [6, 6.07) is 0. The third kappa shape index (κ3) is 41.0. The number of rotatable bonds is 0. The molecule has 4 heteroatoms. The molecule has 0 amide bonds. The molecule has 0 aliphatic carbocycles. The molecule has 0 saturated heterocycles. The van der Waals surface area contributed by atoms with Crippen LogP contribution in [0, 0.1) is 0 Å². The Labute approximate surface area is 54.4 Å². The fourth-order valence-corrected chi connectivity index (χ4v) is 0. The van der Waals surface area contributed by atoms with E-state index in [1.807, 2.05) is 0 Å². The first kappa shape index (κ1) is 36.2. The summed E-state index contributed by atoms with van der Waals surface area (Å²) in [5.74, 6) is 0. The second-order valence-corrected chi connectivity index (χ2v) is 0. The number of halogens is 3. The van der Waals surface area contributed by atoms with Gasteiger partial charge in [0.25, 0.3) is 0 Å². The fourth-order valence-electron chi connectivity index (χ4n) is 0. The van der Waals surface area contributed by atoms with Gasteiger partial charge in [-0.15, -0.1) is 37.2 Å². The normalized spacial score (nSPS) is 1.80. The van der Waals surface area contributed by atoms with Gasteiger partial charge in [-0.25, -0.2) is 0 Å². The highest BCUT2D eigenvalue weighted by Crippen LogP contribution is 0.960. The van der Waals surface area contributed by atoms with E-state index in [0.29, 0.717) is 0 Å². The zero-order valence-electron chi connectivity index (χ0n) is 3.22. The molecule has 0 aliphatic rings. The third-order valence-corrected chi connectivity index (χ3v) is 0. The monoisotopic (exact) mass is 154 g/mol. The van der Waals surface area contributed by atoms with Crippen LogP contribution >= 0.6 is 37.2 Å². The zero-order chi connectivity index (χ0) is 2.00. The molecule has 38 valence electrons. The smallest absolute Gasteiger partial charge is 0.000585 e. The van der Waals surface area contributed by atoms with Crippen LogP contribution in [0.15, 0.2) is 0 Å². The lowest BCUT2D eigenvalue weighted by atomic mass is 11.9. The quantitative estimate of drug-likeness (QED) is 0.451. The number of hydrogen-bond acceptors (Lipinski definition) is 0. The summed E-state index contributed by atoms with van der Waals surface area (Å²) >= 11 is 0. The molecule has 0 unspecified atom stereocenters. The maximum Gasteiger partial charge on any atom is -0.000585 e. The first-order chi connectivity index (χ1) is 1.00. The molecule has 0 spiro atoms. The van der Waals surface area contributed by atoms with Gasteiger partial charge in [0.15, 0.2) is 0 Å². The van der Waals surface area contributed by atoms with Gasteiger partial charge in [-0.3, -0.25) is 0 Å². The van der Waals surface area contributed by atoms with Gasteiger partial charge in [-0.2, -0.15) is 0 Å². The lowest BCUT2D eigenvalue weighted by Crippen LogP contribution is -1.13. The van der Waals surface area contributed by atoms with Gasteiger partial charge in [-0.05, 0) is 10.2 Å². The van der Waals surface area contributed by atoms with E-state index in [4.69, 9.17) is 0 Å². The van der Waals surface area contributed by atoms with Crippen molar-refractivity contribution in [3.8, 4) is 0 Å². The minimum atomic E-state index is 0. The predicted octanol–water partition coefficient (Wildman–Crippen LogP) is 0.665. The van der Waals surface area contributed by atoms with E-state index < -0.39 is 0 Å². The van der Waals surface area contributed by atoms with Crippen molar-refractivity contribution >= 4 is 47.5 Å². The van der Waals surface area contributed by atoms with Crippen molar-refractivity contribution in [3.05, 3.63) is 0 Å². The van der Waals surface area contributed by atoms with E-state index >= 15 is 0 Å². The average Bonchev–Trinajstić information content (AvgIpc) is 1.00. The molecule has 0 aromatic carbocycles. The van der Waals surface area contributed by atoms with Crippen molar-refractivity contribution in [3.63, 3.8) is 0 Å². The Morgan fingerprint density at radius 2 is 0.800 bits per heavy atom. The molecule has 0 saturated carbocycles. The van der Waals surface area contributed by atoms with Gasteiger partial charge in [0.2, 0.25) is 0 Å². The second-order valence-electron chi connectivity index (χ2n) is 0. The summed E-state index contributed by atoms with van der Waals surface area (Å²) in [7, 11) is 1.31. The van der Waals surface area contributed by atoms with Gasteiger partial charge < -0.3 is 0 Å². The van der Waals surface area contributed by atoms with Crippen molar-refractivity contribution < 1.29 is 0 Å². The molecular weight excluding hydrogens is 146 g/mol. The van der Waals surface area contributed by atoms with Crippen molar-refractivity contribution in [2.75, 3.05) is 0 Å². The van der Waals surface area contributed by atoms with Crippen LogP contribution in [-0.2, 0) is 0 Å². The van der Waals surface area contributed by atoms with Crippen molar-refractivity contribution in [2.45, 2.75) is 6.55 Å². The van der Waals surface area contributed by atoms with Crippen LogP contribution in [-0.4, -0.2) is 10.2 Å². The van der Waals surface area contributed by atoms with Gasteiger partial charge in [-0.1, -0.05) is 6.55 Å². The Morgan fingerprint density at radius 3 is 0.800 bits per heavy atom. The van der Waals surface area contributed by atoms with Gasteiger partial charge in [0, 0.05) is 0 Å². The summed E-state index contributed by atoms with van der Waals surface area (Å²) in [5.41, 5.74) is 0. The molecule has 0 aromatic heterocycles. The zero-order valence-corrected chi connectivity index (χ0v) is 7.67. The molecule has 0 aromatic rings.